The van der Waals surface area contributed by atoms with Gasteiger partial charge in [-0.2, -0.15) is 0 Å². The molecule has 1 spiro atoms. The molecule has 2 atom stereocenters. The predicted octanol–water partition coefficient (Wildman–Crippen LogP) is 14.1. The second kappa shape index (κ2) is 17.2. The van der Waals surface area contributed by atoms with Gasteiger partial charge in [-0.3, -0.25) is 0 Å². The van der Waals surface area contributed by atoms with Crippen LogP contribution in [0.1, 0.15) is 98.9 Å². The van der Waals surface area contributed by atoms with Crippen LogP contribution < -0.4 is 16.4 Å². The molecule has 2 aliphatic carbocycles. The minimum atomic E-state index is -0.470. The molecular weight excluding hydrogens is 795 g/mol. The van der Waals surface area contributed by atoms with E-state index in [9.17, 15) is 0 Å². The number of nitrogens with one attached hydrogen (secondary N) is 2. The first-order valence-electron chi connectivity index (χ1n) is 22.6. The molecular formula is C60H55N3S. The third kappa shape index (κ3) is 7.07. The highest BCUT2D eigenvalue weighted by Gasteiger charge is 2.53. The van der Waals surface area contributed by atoms with Gasteiger partial charge in [0.2, 0.25) is 0 Å². The summed E-state index contributed by atoms with van der Waals surface area (Å²) in [5.41, 5.74) is 24.9. The summed E-state index contributed by atoms with van der Waals surface area (Å²) in [7, 11) is 1.95. The highest BCUT2D eigenvalue weighted by Crippen LogP contribution is 2.63. The van der Waals surface area contributed by atoms with Crippen molar-refractivity contribution < 1.29 is 0 Å². The van der Waals surface area contributed by atoms with E-state index in [0.29, 0.717) is 0 Å². The Balaban J connectivity index is 0.000000483. The monoisotopic (exact) mass is 849 g/mol. The standard InChI is InChI=1S/C52H44N2S.C8H11N/c1-33(35-19-8-5-9-20-35)37-22-16-27-45-48(37)39-32-36(50(53)54-49-38-21-10-15-28-46(38)55-47(49)31-34-17-6-4-7-18-34)29-30-40(39)52(45)43-25-13-11-23-41(43)51(2,3)42-24-12-14-26-44(42)52;1-9-7-8-5-3-2-4-6-8/h4-30,32-33,50,54H,31,53H2,1-3H3;2-6,9H,7H2,1H3. The summed E-state index contributed by atoms with van der Waals surface area (Å²) >= 11 is 1.85. The van der Waals surface area contributed by atoms with Crippen molar-refractivity contribution in [2.45, 2.75) is 56.7 Å². The number of thiophene rings is 1. The van der Waals surface area contributed by atoms with Gasteiger partial charge in [0.05, 0.1) is 11.1 Å². The summed E-state index contributed by atoms with van der Waals surface area (Å²) in [6, 6.07) is 73.2. The van der Waals surface area contributed by atoms with Crippen molar-refractivity contribution in [2.24, 2.45) is 5.73 Å². The third-order valence-electron chi connectivity index (χ3n) is 13.8. The number of rotatable bonds is 9. The van der Waals surface area contributed by atoms with E-state index < -0.39 is 11.6 Å². The first-order chi connectivity index (χ1) is 31.3. The van der Waals surface area contributed by atoms with Crippen LogP contribution in [0.2, 0.25) is 0 Å². The molecule has 0 saturated carbocycles. The molecule has 316 valence electrons. The second-order valence-electron chi connectivity index (χ2n) is 17.9. The molecule has 2 unspecified atom stereocenters. The Labute approximate surface area is 382 Å². The van der Waals surface area contributed by atoms with Gasteiger partial charge in [0, 0.05) is 39.3 Å². The van der Waals surface area contributed by atoms with E-state index >= 15 is 0 Å². The topological polar surface area (TPSA) is 50.1 Å². The van der Waals surface area contributed by atoms with Gasteiger partial charge in [0.1, 0.15) is 6.17 Å². The van der Waals surface area contributed by atoms with Crippen molar-refractivity contribution in [1.29, 1.82) is 0 Å². The average molecular weight is 850 g/mol. The van der Waals surface area contributed by atoms with Crippen molar-refractivity contribution in [3.63, 3.8) is 0 Å². The number of hydrogen-bond acceptors (Lipinski definition) is 4. The fourth-order valence-corrected chi connectivity index (χ4v) is 11.9. The number of nitrogens with two attached hydrogens (primary N) is 1. The van der Waals surface area contributed by atoms with Gasteiger partial charge < -0.3 is 16.4 Å². The molecule has 2 aliphatic rings. The van der Waals surface area contributed by atoms with Crippen LogP contribution in [0.4, 0.5) is 5.69 Å². The molecule has 0 aliphatic heterocycles. The Morgan fingerprint density at radius 2 is 1.11 bits per heavy atom. The zero-order chi connectivity index (χ0) is 43.8. The van der Waals surface area contributed by atoms with E-state index in [-0.39, 0.29) is 11.3 Å². The zero-order valence-electron chi connectivity index (χ0n) is 37.1. The lowest BCUT2D eigenvalue weighted by Crippen LogP contribution is -2.40. The lowest BCUT2D eigenvalue weighted by Gasteiger charge is -2.46. The van der Waals surface area contributed by atoms with E-state index in [2.05, 4.69) is 213 Å². The van der Waals surface area contributed by atoms with E-state index in [1.165, 1.54) is 81.7 Å². The molecule has 1 heterocycles. The van der Waals surface area contributed by atoms with Gasteiger partial charge >= 0.3 is 0 Å². The molecule has 4 N–H and O–H groups in total. The fourth-order valence-electron chi connectivity index (χ4n) is 10.7. The van der Waals surface area contributed by atoms with Crippen LogP contribution in [0.5, 0.6) is 0 Å². The summed E-state index contributed by atoms with van der Waals surface area (Å²) in [4.78, 5) is 1.30. The normalized spacial score (nSPS) is 14.6. The Kier molecular flexibility index (Phi) is 11.1. The summed E-state index contributed by atoms with van der Waals surface area (Å²) in [5, 5.41) is 8.15. The quantitative estimate of drug-likeness (QED) is 0.127. The molecule has 1 aromatic heterocycles. The molecule has 0 radical (unpaired) electrons. The highest BCUT2D eigenvalue weighted by atomic mass is 32.1. The molecule has 3 nitrogen and oxygen atoms in total. The van der Waals surface area contributed by atoms with E-state index in [0.717, 1.165) is 24.2 Å². The van der Waals surface area contributed by atoms with Crippen LogP contribution in [0.15, 0.2) is 200 Å². The van der Waals surface area contributed by atoms with Gasteiger partial charge in [0.25, 0.3) is 0 Å². The zero-order valence-corrected chi connectivity index (χ0v) is 37.9. The highest BCUT2D eigenvalue weighted by molar-refractivity contribution is 7.19. The molecule has 64 heavy (non-hydrogen) atoms. The summed E-state index contributed by atoms with van der Waals surface area (Å²) < 4.78 is 1.27. The molecule has 8 aromatic carbocycles. The lowest BCUT2D eigenvalue weighted by atomic mass is 9.55. The molecule has 0 saturated heterocycles. The summed E-state index contributed by atoms with van der Waals surface area (Å²) in [6.07, 6.45) is 0.437. The number of benzene rings is 8. The van der Waals surface area contributed by atoms with Gasteiger partial charge in [-0.15, -0.1) is 11.3 Å². The van der Waals surface area contributed by atoms with E-state index in [1.807, 2.05) is 36.6 Å². The molecule has 9 aromatic rings. The Morgan fingerprint density at radius 1 is 0.547 bits per heavy atom. The van der Waals surface area contributed by atoms with Crippen LogP contribution in [0, 0.1) is 0 Å². The smallest absolute Gasteiger partial charge is 0.101 e. The maximum Gasteiger partial charge on any atom is 0.101 e. The Bertz CT molecular complexity index is 3030. The second-order valence-corrected chi connectivity index (χ2v) is 19.0. The maximum absolute atomic E-state index is 7.29. The first kappa shape index (κ1) is 41.5. The van der Waals surface area contributed by atoms with Crippen molar-refractivity contribution in [3.8, 4) is 11.1 Å². The van der Waals surface area contributed by atoms with Crippen molar-refractivity contribution >= 4 is 27.1 Å². The van der Waals surface area contributed by atoms with Crippen molar-refractivity contribution in [3.05, 3.63) is 266 Å². The molecule has 11 rings (SSSR count). The largest absolute Gasteiger partial charge is 0.365 e. The van der Waals surface area contributed by atoms with Gasteiger partial charge in [-0.05, 0) is 91.5 Å². The van der Waals surface area contributed by atoms with Gasteiger partial charge in [0.15, 0.2) is 0 Å². The lowest BCUT2D eigenvalue weighted by molar-refractivity contribution is 0.563. The maximum atomic E-state index is 7.29. The number of hydrogen-bond donors (Lipinski definition) is 3. The minimum Gasteiger partial charge on any atom is -0.365 e. The fraction of sp³-hybridized carbons (Fsp3) is 0.167. The van der Waals surface area contributed by atoms with E-state index in [4.69, 9.17) is 5.73 Å². The minimum absolute atomic E-state index is 0.150. The van der Waals surface area contributed by atoms with Crippen molar-refractivity contribution in [2.75, 3.05) is 12.4 Å². The Hall–Kier alpha value is -6.56. The van der Waals surface area contributed by atoms with Crippen LogP contribution in [0.3, 0.4) is 0 Å². The molecule has 0 amide bonds. The van der Waals surface area contributed by atoms with Crippen molar-refractivity contribution in [1.82, 2.24) is 5.32 Å². The first-order valence-corrected chi connectivity index (χ1v) is 23.4. The number of anilines is 1. The van der Waals surface area contributed by atoms with Gasteiger partial charge in [-0.25, -0.2) is 0 Å². The summed E-state index contributed by atoms with van der Waals surface area (Å²) in [5.74, 6) is 0.192. The average Bonchev–Trinajstić information content (AvgIpc) is 3.84. The molecule has 0 bridgehead atoms. The Morgan fingerprint density at radius 3 is 1.77 bits per heavy atom. The summed E-state index contributed by atoms with van der Waals surface area (Å²) in [6.45, 7) is 8.09. The number of fused-ring (bicyclic) bond motifs is 10. The van der Waals surface area contributed by atoms with Crippen LogP contribution >= 0.6 is 11.3 Å². The van der Waals surface area contributed by atoms with Crippen LogP contribution in [-0.4, -0.2) is 7.05 Å². The van der Waals surface area contributed by atoms with Crippen LogP contribution in [-0.2, 0) is 23.8 Å². The van der Waals surface area contributed by atoms with E-state index in [1.54, 1.807) is 0 Å². The van der Waals surface area contributed by atoms with Gasteiger partial charge in [-0.1, -0.05) is 209 Å². The third-order valence-corrected chi connectivity index (χ3v) is 14.9. The van der Waals surface area contributed by atoms with Crippen LogP contribution in [0.25, 0.3) is 21.2 Å². The molecule has 0 fully saturated rings. The SMILES string of the molecule is CC(c1ccccc1)c1cccc2c1-c1cc(C(N)Nc3c(Cc4ccccc4)sc4ccccc34)ccc1C21c2ccccc2C(C)(C)c2ccccc21.CNCc1ccccc1. The predicted molar refractivity (Wildman–Crippen MR) is 271 cm³/mol. The molecule has 4 heteroatoms.